The van der Waals surface area contributed by atoms with Crippen LogP contribution >= 0.6 is 0 Å². The molecule has 0 aliphatic heterocycles. The van der Waals surface area contributed by atoms with Crippen LogP contribution in [0.2, 0.25) is 0 Å². The fraction of sp³-hybridized carbons (Fsp3) is 0.185. The highest BCUT2D eigenvalue weighted by atomic mass is 19.4. The van der Waals surface area contributed by atoms with E-state index in [0.29, 0.717) is 15.9 Å². The second-order valence-electron chi connectivity index (χ2n) is 8.96. The smallest absolute Gasteiger partial charge is 0.348 e. The van der Waals surface area contributed by atoms with E-state index in [4.69, 9.17) is 5.10 Å². The number of nitrogens with one attached hydrogen (secondary N) is 1. The number of benzene rings is 2. The number of carbonyl (C=O) groups is 1. The van der Waals surface area contributed by atoms with Crippen LogP contribution in [0, 0.1) is 0 Å². The summed E-state index contributed by atoms with van der Waals surface area (Å²) in [4.78, 5) is 17.5. The quantitative estimate of drug-likeness (QED) is 0.337. The van der Waals surface area contributed by atoms with Crippen molar-refractivity contribution in [3.05, 3.63) is 102 Å². The Morgan fingerprint density at radius 1 is 1.03 bits per heavy atom. The summed E-state index contributed by atoms with van der Waals surface area (Å²) in [6.07, 6.45) is -0.0941. The van der Waals surface area contributed by atoms with Crippen LogP contribution in [-0.4, -0.2) is 30.3 Å². The Labute approximate surface area is 209 Å². The minimum atomic E-state index is -4.62. The number of halogens is 3. The van der Waals surface area contributed by atoms with E-state index >= 15 is 0 Å². The van der Waals surface area contributed by atoms with Crippen LogP contribution in [0.4, 0.5) is 13.2 Å². The Morgan fingerprint density at radius 2 is 1.73 bits per heavy atom. The van der Waals surface area contributed by atoms with Gasteiger partial charge in [0.25, 0.3) is 5.91 Å². The summed E-state index contributed by atoms with van der Waals surface area (Å²) in [5.41, 5.74) is 2.47. The summed E-state index contributed by atoms with van der Waals surface area (Å²) in [5.74, 6) is -0.579. The van der Waals surface area contributed by atoms with Crippen LogP contribution < -0.4 is 5.32 Å². The van der Waals surface area contributed by atoms with Crippen molar-refractivity contribution in [3.8, 4) is 16.9 Å². The Bertz CT molecular complexity index is 1590. The third-order valence-corrected chi connectivity index (χ3v) is 6.32. The Balaban J connectivity index is 1.33. The lowest BCUT2D eigenvalue weighted by Gasteiger charge is -2.11. The molecule has 1 fully saturated rings. The van der Waals surface area contributed by atoms with Crippen molar-refractivity contribution in [1.82, 2.24) is 29.7 Å². The zero-order valence-corrected chi connectivity index (χ0v) is 19.5. The molecule has 1 aliphatic carbocycles. The first-order valence-electron chi connectivity index (χ1n) is 11.8. The number of para-hydroxylation sites is 1. The first-order chi connectivity index (χ1) is 17.9. The highest BCUT2D eigenvalue weighted by Crippen LogP contribution is 2.41. The van der Waals surface area contributed by atoms with E-state index in [-0.39, 0.29) is 23.7 Å². The molecule has 6 rings (SSSR count). The maximum atomic E-state index is 13.7. The molecule has 0 radical (unpaired) electrons. The standard InChI is InChI=1S/C27H21F3N6O/c28-27(29,30)23-13-22(17-11-12-17)33-25-21(15-32-36(23)25)26(37)31-14-19-16-35(20-9-5-2-6-10-20)34-24(19)18-7-3-1-4-8-18/h1-10,13,15-17H,11-12,14H2,(H,31,37). The number of hydrogen-bond donors (Lipinski definition) is 1. The predicted molar refractivity (Wildman–Crippen MR) is 130 cm³/mol. The number of carbonyl (C=O) groups excluding carboxylic acids is 1. The normalized spacial score (nSPS) is 13.7. The van der Waals surface area contributed by atoms with Gasteiger partial charge in [0.1, 0.15) is 11.3 Å². The fourth-order valence-electron chi connectivity index (χ4n) is 4.29. The molecule has 5 aromatic rings. The molecule has 0 spiro atoms. The van der Waals surface area contributed by atoms with Gasteiger partial charge < -0.3 is 5.32 Å². The fourth-order valence-corrected chi connectivity index (χ4v) is 4.29. The number of rotatable bonds is 6. The molecule has 3 aromatic heterocycles. The van der Waals surface area contributed by atoms with Crippen LogP contribution in [0.15, 0.2) is 79.1 Å². The van der Waals surface area contributed by atoms with Crippen molar-refractivity contribution in [3.63, 3.8) is 0 Å². The van der Waals surface area contributed by atoms with Crippen molar-refractivity contribution < 1.29 is 18.0 Å². The van der Waals surface area contributed by atoms with Gasteiger partial charge >= 0.3 is 6.18 Å². The van der Waals surface area contributed by atoms with E-state index in [1.54, 1.807) is 4.68 Å². The minimum Gasteiger partial charge on any atom is -0.348 e. The van der Waals surface area contributed by atoms with Gasteiger partial charge in [0.2, 0.25) is 0 Å². The summed E-state index contributed by atoms with van der Waals surface area (Å²) >= 11 is 0. The summed E-state index contributed by atoms with van der Waals surface area (Å²) in [5, 5.41) is 11.4. The zero-order valence-electron chi connectivity index (χ0n) is 19.5. The summed E-state index contributed by atoms with van der Waals surface area (Å²) < 4.78 is 43.6. The van der Waals surface area contributed by atoms with Gasteiger partial charge in [0.05, 0.1) is 17.6 Å². The van der Waals surface area contributed by atoms with E-state index in [9.17, 15) is 18.0 Å². The molecule has 0 unspecified atom stereocenters. The number of aromatic nitrogens is 5. The van der Waals surface area contributed by atoms with Crippen molar-refractivity contribution in [2.24, 2.45) is 0 Å². The molecule has 1 aliphatic rings. The molecule has 3 heterocycles. The highest BCUT2D eigenvalue weighted by molar-refractivity contribution is 5.99. The van der Waals surface area contributed by atoms with Gasteiger partial charge in [-0.1, -0.05) is 48.5 Å². The van der Waals surface area contributed by atoms with Crippen molar-refractivity contribution >= 4 is 11.6 Å². The average molecular weight is 503 g/mol. The zero-order chi connectivity index (χ0) is 25.6. The predicted octanol–water partition coefficient (Wildman–Crippen LogP) is 5.41. The summed E-state index contributed by atoms with van der Waals surface area (Å²) in [6, 6.07) is 20.2. The maximum Gasteiger partial charge on any atom is 0.433 e. The third kappa shape index (κ3) is 4.46. The van der Waals surface area contributed by atoms with Gasteiger partial charge in [-0.3, -0.25) is 4.79 Å². The monoisotopic (exact) mass is 502 g/mol. The third-order valence-electron chi connectivity index (χ3n) is 6.32. The number of fused-ring (bicyclic) bond motifs is 1. The molecule has 37 heavy (non-hydrogen) atoms. The molecule has 7 nitrogen and oxygen atoms in total. The molecule has 1 N–H and O–H groups in total. The van der Waals surface area contributed by atoms with Crippen LogP contribution in [-0.2, 0) is 12.7 Å². The molecule has 10 heteroatoms. The van der Waals surface area contributed by atoms with Crippen molar-refractivity contribution in [1.29, 1.82) is 0 Å². The van der Waals surface area contributed by atoms with E-state index < -0.39 is 17.8 Å². The van der Waals surface area contributed by atoms with Gasteiger partial charge in [-0.2, -0.15) is 23.4 Å². The molecule has 186 valence electrons. The molecule has 2 aromatic carbocycles. The van der Waals surface area contributed by atoms with Crippen LogP contribution in [0.1, 0.15) is 46.1 Å². The lowest BCUT2D eigenvalue weighted by atomic mass is 10.1. The topological polar surface area (TPSA) is 77.1 Å². The molecule has 0 saturated heterocycles. The summed E-state index contributed by atoms with van der Waals surface area (Å²) in [6.45, 7) is 0.113. The van der Waals surface area contributed by atoms with E-state index in [2.05, 4.69) is 15.4 Å². The SMILES string of the molecule is O=C(NCc1cn(-c2ccccc2)nc1-c1ccccc1)c1cnn2c(C(F)(F)F)cc(C3CC3)nc12. The van der Waals surface area contributed by atoms with Gasteiger partial charge in [0, 0.05) is 35.5 Å². The summed E-state index contributed by atoms with van der Waals surface area (Å²) in [7, 11) is 0. The number of amides is 1. The Kier molecular flexibility index (Phi) is 5.51. The van der Waals surface area contributed by atoms with Crippen LogP contribution in [0.25, 0.3) is 22.6 Å². The highest BCUT2D eigenvalue weighted by Gasteiger charge is 2.38. The largest absolute Gasteiger partial charge is 0.433 e. The molecule has 1 saturated carbocycles. The maximum absolute atomic E-state index is 13.7. The first-order valence-corrected chi connectivity index (χ1v) is 11.8. The molecular weight excluding hydrogens is 481 g/mol. The second-order valence-corrected chi connectivity index (χ2v) is 8.96. The molecule has 0 atom stereocenters. The lowest BCUT2D eigenvalue weighted by molar-refractivity contribution is -0.142. The average Bonchev–Trinajstić information content (AvgIpc) is 3.53. The van der Waals surface area contributed by atoms with Gasteiger partial charge in [0.15, 0.2) is 5.65 Å². The van der Waals surface area contributed by atoms with Crippen molar-refractivity contribution in [2.75, 3.05) is 0 Å². The van der Waals surface area contributed by atoms with Gasteiger partial charge in [-0.25, -0.2) is 14.2 Å². The van der Waals surface area contributed by atoms with Crippen LogP contribution in [0.5, 0.6) is 0 Å². The Hall–Kier alpha value is -4.47. The van der Waals surface area contributed by atoms with Gasteiger partial charge in [-0.05, 0) is 31.0 Å². The number of hydrogen-bond acceptors (Lipinski definition) is 4. The molecule has 1 amide bonds. The van der Waals surface area contributed by atoms with E-state index in [0.717, 1.165) is 41.9 Å². The first kappa shape index (κ1) is 23.0. The minimum absolute atomic E-state index is 0.00953. The molecule has 0 bridgehead atoms. The van der Waals surface area contributed by atoms with Gasteiger partial charge in [-0.15, -0.1) is 0 Å². The number of nitrogens with zero attached hydrogens (tertiary/aromatic N) is 5. The second kappa shape index (κ2) is 8.88. The molecular formula is C27H21F3N6O. The van der Waals surface area contributed by atoms with Crippen molar-refractivity contribution in [2.45, 2.75) is 31.5 Å². The van der Waals surface area contributed by atoms with E-state index in [1.165, 1.54) is 0 Å². The Morgan fingerprint density at radius 3 is 2.41 bits per heavy atom. The van der Waals surface area contributed by atoms with E-state index in [1.807, 2.05) is 66.9 Å². The number of alkyl halides is 3. The van der Waals surface area contributed by atoms with Crippen LogP contribution in [0.3, 0.4) is 0 Å². The lowest BCUT2D eigenvalue weighted by Crippen LogP contribution is -2.23.